The van der Waals surface area contributed by atoms with Crippen LogP contribution in [0.5, 0.6) is 5.75 Å². The monoisotopic (exact) mass is 264 g/mol. The maximum absolute atomic E-state index is 13.6. The third-order valence-corrected chi connectivity index (χ3v) is 2.53. The topological polar surface area (TPSA) is 47.3 Å². The molecule has 0 heterocycles. The minimum Gasteiger partial charge on any atom is -0.491 e. The number of halogens is 2. The quantitative estimate of drug-likeness (QED) is 0.828. The lowest BCUT2D eigenvalue weighted by molar-refractivity contribution is 0.321. The first-order chi connectivity index (χ1) is 9.10. The molecule has 3 N–H and O–H groups in total. The van der Waals surface area contributed by atoms with E-state index >= 15 is 0 Å². The van der Waals surface area contributed by atoms with Gasteiger partial charge >= 0.3 is 0 Å². The Labute approximate surface area is 110 Å². The van der Waals surface area contributed by atoms with Crippen LogP contribution in [0, 0.1) is 11.6 Å². The van der Waals surface area contributed by atoms with Crippen molar-refractivity contribution in [3.63, 3.8) is 0 Å². The van der Waals surface area contributed by atoms with Crippen LogP contribution in [0.1, 0.15) is 6.92 Å². The molecule has 0 aromatic heterocycles. The fraction of sp³-hybridized carbons (Fsp3) is 0.143. The summed E-state index contributed by atoms with van der Waals surface area (Å²) in [6.07, 6.45) is 0. The predicted molar refractivity (Wildman–Crippen MR) is 71.7 cm³/mol. The van der Waals surface area contributed by atoms with Crippen molar-refractivity contribution in [2.75, 3.05) is 17.7 Å². The SMILES string of the molecule is CCOc1ccc(Nc2cc(F)ccc2N)cc1F. The third kappa shape index (κ3) is 3.13. The Bertz CT molecular complexity index is 588. The van der Waals surface area contributed by atoms with Crippen molar-refractivity contribution in [1.82, 2.24) is 0 Å². The molecule has 3 nitrogen and oxygen atoms in total. The van der Waals surface area contributed by atoms with Gasteiger partial charge in [-0.15, -0.1) is 0 Å². The van der Waals surface area contributed by atoms with Crippen LogP contribution < -0.4 is 15.8 Å². The molecule has 2 rings (SSSR count). The minimum atomic E-state index is -0.484. The summed E-state index contributed by atoms with van der Waals surface area (Å²) in [7, 11) is 0. The molecule has 0 amide bonds. The number of rotatable bonds is 4. The van der Waals surface area contributed by atoms with E-state index in [2.05, 4.69) is 5.32 Å². The molecule has 0 aliphatic heterocycles. The van der Waals surface area contributed by atoms with Crippen LogP contribution >= 0.6 is 0 Å². The van der Waals surface area contributed by atoms with Gasteiger partial charge in [0.2, 0.25) is 0 Å². The van der Waals surface area contributed by atoms with E-state index in [4.69, 9.17) is 10.5 Å². The van der Waals surface area contributed by atoms with E-state index in [1.807, 2.05) is 0 Å². The zero-order chi connectivity index (χ0) is 13.8. The van der Waals surface area contributed by atoms with Crippen molar-refractivity contribution in [3.8, 4) is 5.75 Å². The molecule has 2 aromatic rings. The maximum Gasteiger partial charge on any atom is 0.167 e. The molecule has 0 radical (unpaired) electrons. The minimum absolute atomic E-state index is 0.181. The number of anilines is 3. The predicted octanol–water partition coefficient (Wildman–Crippen LogP) is 3.69. The van der Waals surface area contributed by atoms with Crippen molar-refractivity contribution in [2.24, 2.45) is 0 Å². The van der Waals surface area contributed by atoms with Crippen LogP contribution in [0.4, 0.5) is 25.8 Å². The average molecular weight is 264 g/mol. The Kier molecular flexibility index (Phi) is 3.85. The van der Waals surface area contributed by atoms with Gasteiger partial charge in [0.25, 0.3) is 0 Å². The second-order valence-electron chi connectivity index (χ2n) is 3.93. The highest BCUT2D eigenvalue weighted by Gasteiger charge is 2.06. The first-order valence-corrected chi connectivity index (χ1v) is 5.84. The Morgan fingerprint density at radius 1 is 1.16 bits per heavy atom. The molecule has 0 saturated heterocycles. The smallest absolute Gasteiger partial charge is 0.167 e. The van der Waals surface area contributed by atoms with Gasteiger partial charge in [-0.25, -0.2) is 8.78 Å². The normalized spacial score (nSPS) is 10.3. The van der Waals surface area contributed by atoms with E-state index in [0.29, 0.717) is 23.7 Å². The molecule has 0 saturated carbocycles. The second-order valence-corrected chi connectivity index (χ2v) is 3.93. The second kappa shape index (κ2) is 5.56. The zero-order valence-corrected chi connectivity index (χ0v) is 10.4. The summed E-state index contributed by atoms with van der Waals surface area (Å²) in [5, 5.41) is 2.86. The van der Waals surface area contributed by atoms with Gasteiger partial charge in [0.1, 0.15) is 5.82 Å². The first-order valence-electron chi connectivity index (χ1n) is 5.84. The van der Waals surface area contributed by atoms with Gasteiger partial charge in [-0.3, -0.25) is 0 Å². The van der Waals surface area contributed by atoms with E-state index in [1.165, 1.54) is 30.3 Å². The molecule has 0 spiro atoms. The summed E-state index contributed by atoms with van der Waals surface area (Å²) >= 11 is 0. The average Bonchev–Trinajstić information content (AvgIpc) is 2.37. The van der Waals surface area contributed by atoms with Gasteiger partial charge in [-0.05, 0) is 37.3 Å². The lowest BCUT2D eigenvalue weighted by Crippen LogP contribution is -1.99. The molecule has 5 heteroatoms. The fourth-order valence-corrected chi connectivity index (χ4v) is 1.64. The van der Waals surface area contributed by atoms with Crippen molar-refractivity contribution >= 4 is 17.1 Å². The van der Waals surface area contributed by atoms with Crippen LogP contribution in [0.3, 0.4) is 0 Å². The summed E-state index contributed by atoms with van der Waals surface area (Å²) in [6, 6.07) is 8.38. The molecule has 0 fully saturated rings. The molecular weight excluding hydrogens is 250 g/mol. The Morgan fingerprint density at radius 3 is 2.63 bits per heavy atom. The molecule has 0 atom stereocenters. The van der Waals surface area contributed by atoms with Gasteiger partial charge < -0.3 is 15.8 Å². The van der Waals surface area contributed by atoms with Crippen molar-refractivity contribution in [1.29, 1.82) is 0 Å². The van der Waals surface area contributed by atoms with Gasteiger partial charge in [-0.1, -0.05) is 0 Å². The summed E-state index contributed by atoms with van der Waals surface area (Å²) in [6.45, 7) is 2.17. The van der Waals surface area contributed by atoms with Crippen LogP contribution in [0.25, 0.3) is 0 Å². The lowest BCUT2D eigenvalue weighted by Gasteiger charge is -2.11. The highest BCUT2D eigenvalue weighted by Crippen LogP contribution is 2.27. The van der Waals surface area contributed by atoms with E-state index < -0.39 is 11.6 Å². The molecule has 0 unspecified atom stereocenters. The Morgan fingerprint density at radius 2 is 1.95 bits per heavy atom. The molecule has 0 aliphatic rings. The maximum atomic E-state index is 13.6. The van der Waals surface area contributed by atoms with Crippen molar-refractivity contribution in [2.45, 2.75) is 6.92 Å². The number of nitrogens with two attached hydrogens (primary N) is 1. The van der Waals surface area contributed by atoms with Gasteiger partial charge in [-0.2, -0.15) is 0 Å². The molecule has 2 aromatic carbocycles. The van der Waals surface area contributed by atoms with Gasteiger partial charge in [0, 0.05) is 11.8 Å². The van der Waals surface area contributed by atoms with E-state index in [-0.39, 0.29) is 5.75 Å². The fourth-order valence-electron chi connectivity index (χ4n) is 1.64. The first kappa shape index (κ1) is 13.1. The van der Waals surface area contributed by atoms with Crippen molar-refractivity contribution in [3.05, 3.63) is 48.0 Å². The van der Waals surface area contributed by atoms with Crippen LogP contribution in [-0.4, -0.2) is 6.61 Å². The van der Waals surface area contributed by atoms with E-state index in [9.17, 15) is 8.78 Å². The third-order valence-electron chi connectivity index (χ3n) is 2.53. The highest BCUT2D eigenvalue weighted by atomic mass is 19.1. The van der Waals surface area contributed by atoms with Crippen LogP contribution in [0.15, 0.2) is 36.4 Å². The molecule has 0 bridgehead atoms. The Balaban J connectivity index is 2.24. The van der Waals surface area contributed by atoms with E-state index in [1.54, 1.807) is 13.0 Å². The molecule has 0 aliphatic carbocycles. The zero-order valence-electron chi connectivity index (χ0n) is 10.4. The van der Waals surface area contributed by atoms with Crippen LogP contribution in [-0.2, 0) is 0 Å². The molecule has 100 valence electrons. The number of nitrogens with one attached hydrogen (secondary N) is 1. The summed E-state index contributed by atoms with van der Waals surface area (Å²) < 4.78 is 31.9. The number of hydrogen-bond donors (Lipinski definition) is 2. The molecular formula is C14H14F2N2O. The van der Waals surface area contributed by atoms with Gasteiger partial charge in [0.15, 0.2) is 11.6 Å². The standard InChI is InChI=1S/C14H14F2N2O/c1-2-19-14-6-4-10(8-11(14)16)18-13-7-9(15)3-5-12(13)17/h3-8,18H,2,17H2,1H3. The van der Waals surface area contributed by atoms with E-state index in [0.717, 1.165) is 0 Å². The number of ether oxygens (including phenoxy) is 1. The van der Waals surface area contributed by atoms with Crippen LogP contribution in [0.2, 0.25) is 0 Å². The van der Waals surface area contributed by atoms with Crippen molar-refractivity contribution < 1.29 is 13.5 Å². The largest absolute Gasteiger partial charge is 0.491 e. The number of benzene rings is 2. The summed E-state index contributed by atoms with van der Waals surface area (Å²) in [4.78, 5) is 0. The Hall–Kier alpha value is -2.30. The number of hydrogen-bond acceptors (Lipinski definition) is 3. The summed E-state index contributed by atoms with van der Waals surface area (Å²) in [5.41, 5.74) is 6.95. The number of nitrogen functional groups attached to an aromatic ring is 1. The lowest BCUT2D eigenvalue weighted by atomic mass is 10.2. The summed E-state index contributed by atoms with van der Waals surface area (Å²) in [5.74, 6) is -0.717. The molecule has 19 heavy (non-hydrogen) atoms. The highest BCUT2D eigenvalue weighted by molar-refractivity contribution is 5.72. The van der Waals surface area contributed by atoms with Gasteiger partial charge in [0.05, 0.1) is 18.0 Å².